The molecule has 5 nitrogen and oxygen atoms in total. The minimum Gasteiger partial charge on any atom is -0.466 e. The van der Waals surface area contributed by atoms with Gasteiger partial charge in [0.2, 0.25) is 0 Å². The van der Waals surface area contributed by atoms with E-state index < -0.39 is 6.10 Å². The smallest absolute Gasteiger partial charge is 0.306 e. The Labute approximate surface area is 202 Å². The first-order valence-corrected chi connectivity index (χ1v) is 12.4. The largest absolute Gasteiger partial charge is 0.466 e. The normalized spacial score (nSPS) is 18.2. The van der Waals surface area contributed by atoms with Gasteiger partial charge in [0.1, 0.15) is 0 Å². The first-order valence-electron chi connectivity index (χ1n) is 12.0. The lowest BCUT2D eigenvalue weighted by atomic mass is 9.99. The summed E-state index contributed by atoms with van der Waals surface area (Å²) in [4.78, 5) is 14.1. The number of aliphatic hydroxyl groups is 1. The van der Waals surface area contributed by atoms with E-state index in [0.717, 1.165) is 42.0 Å². The van der Waals surface area contributed by atoms with Crippen molar-refractivity contribution < 1.29 is 19.4 Å². The fourth-order valence-electron chi connectivity index (χ4n) is 4.56. The first kappa shape index (κ1) is 25.7. The second-order valence-electron chi connectivity index (χ2n) is 8.75. The van der Waals surface area contributed by atoms with Gasteiger partial charge in [-0.2, -0.15) is 0 Å². The molecule has 180 valence electrons. The third-order valence-electron chi connectivity index (χ3n) is 6.26. The molecule has 0 saturated carbocycles. The lowest BCUT2D eigenvalue weighted by molar-refractivity contribution is -0.143. The average Bonchev–Trinajstić information content (AvgIpc) is 3.24. The van der Waals surface area contributed by atoms with Crippen molar-refractivity contribution in [1.82, 2.24) is 4.90 Å². The van der Waals surface area contributed by atoms with Crippen LogP contribution >= 0.6 is 11.6 Å². The van der Waals surface area contributed by atoms with Crippen molar-refractivity contribution in [2.24, 2.45) is 0 Å². The Morgan fingerprint density at radius 3 is 2.73 bits per heavy atom. The molecule has 0 unspecified atom stereocenters. The summed E-state index contributed by atoms with van der Waals surface area (Å²) >= 11 is 6.01. The molecule has 33 heavy (non-hydrogen) atoms. The maximum atomic E-state index is 11.7. The Balaban J connectivity index is 1.48. The van der Waals surface area contributed by atoms with Gasteiger partial charge in [-0.25, -0.2) is 0 Å². The zero-order chi connectivity index (χ0) is 23.6. The van der Waals surface area contributed by atoms with Crippen LogP contribution in [-0.4, -0.2) is 54.4 Å². The number of carbonyl (C=O) groups is 1. The molecule has 0 amide bonds. The van der Waals surface area contributed by atoms with Crippen molar-refractivity contribution in [1.29, 1.82) is 0 Å². The molecule has 0 spiro atoms. The van der Waals surface area contributed by atoms with Crippen LogP contribution in [0.1, 0.15) is 55.9 Å². The van der Waals surface area contributed by atoms with Crippen LogP contribution < -0.4 is 0 Å². The second-order valence-corrected chi connectivity index (χ2v) is 9.19. The zero-order valence-corrected chi connectivity index (χ0v) is 20.5. The number of β-amino-alcohol motifs (C(OH)–C–C–N with tert-alkyl or cyclic N) is 1. The van der Waals surface area contributed by atoms with Crippen LogP contribution in [0.4, 0.5) is 0 Å². The summed E-state index contributed by atoms with van der Waals surface area (Å²) in [5.74, 6) is -0.185. The molecule has 3 atom stereocenters. The van der Waals surface area contributed by atoms with Gasteiger partial charge in [0, 0.05) is 24.0 Å². The van der Waals surface area contributed by atoms with Gasteiger partial charge in [0.25, 0.3) is 0 Å². The fraction of sp³-hybridized carbons (Fsp3) is 0.519. The monoisotopic (exact) mass is 473 g/mol. The van der Waals surface area contributed by atoms with Crippen LogP contribution in [0.2, 0.25) is 5.02 Å². The second kappa shape index (κ2) is 13.1. The highest BCUT2D eigenvalue weighted by atomic mass is 35.5. The van der Waals surface area contributed by atoms with Crippen molar-refractivity contribution in [3.05, 3.63) is 70.2 Å². The summed E-state index contributed by atoms with van der Waals surface area (Å²) < 4.78 is 11.1. The molecule has 1 aliphatic rings. The highest BCUT2D eigenvalue weighted by Crippen LogP contribution is 2.25. The lowest BCUT2D eigenvalue weighted by Gasteiger charge is -2.27. The Morgan fingerprint density at radius 2 is 1.97 bits per heavy atom. The first-order chi connectivity index (χ1) is 16.0. The van der Waals surface area contributed by atoms with Gasteiger partial charge < -0.3 is 14.6 Å². The number of hydrogen-bond donors (Lipinski definition) is 1. The lowest BCUT2D eigenvalue weighted by Crippen LogP contribution is -2.39. The maximum absolute atomic E-state index is 11.7. The zero-order valence-electron chi connectivity index (χ0n) is 19.7. The highest BCUT2D eigenvalue weighted by Gasteiger charge is 2.26. The molecule has 1 N–H and O–H groups in total. The van der Waals surface area contributed by atoms with Crippen LogP contribution in [0.3, 0.4) is 0 Å². The minimum absolute atomic E-state index is 0.165. The number of esters is 1. The summed E-state index contributed by atoms with van der Waals surface area (Å²) in [6.45, 7) is 6.09. The fourth-order valence-corrected chi connectivity index (χ4v) is 4.68. The van der Waals surface area contributed by atoms with Crippen molar-refractivity contribution in [2.75, 3.05) is 26.3 Å². The van der Waals surface area contributed by atoms with E-state index in [1.807, 2.05) is 50.2 Å². The van der Waals surface area contributed by atoms with Gasteiger partial charge in [0.15, 0.2) is 0 Å². The van der Waals surface area contributed by atoms with Gasteiger partial charge >= 0.3 is 5.97 Å². The van der Waals surface area contributed by atoms with E-state index in [1.54, 1.807) is 0 Å². The van der Waals surface area contributed by atoms with Crippen molar-refractivity contribution >= 4 is 17.6 Å². The molecule has 0 aromatic heterocycles. The van der Waals surface area contributed by atoms with Gasteiger partial charge in [-0.3, -0.25) is 9.69 Å². The standard InChI is InChI=1S/C27H36ClNO4/c1-3-32-27(31)15-12-22-7-4-5-9-26(22)20(2)33-19-25(30)18-29-16-6-8-24(29)17-21-10-13-23(28)14-11-21/h4-5,7,9-11,13-14,20,24-25,30H,3,6,8,12,15-19H2,1-2H3/t20-,24+,25-/m1/s1. The molecular weight excluding hydrogens is 438 g/mol. The number of likely N-dealkylation sites (tertiary alicyclic amines) is 1. The third kappa shape index (κ3) is 8.11. The number of nitrogens with zero attached hydrogens (tertiary/aromatic N) is 1. The molecule has 6 heteroatoms. The topological polar surface area (TPSA) is 59.0 Å². The van der Waals surface area contributed by atoms with Gasteiger partial charge in [-0.15, -0.1) is 0 Å². The van der Waals surface area contributed by atoms with E-state index in [1.165, 1.54) is 5.56 Å². The quantitative estimate of drug-likeness (QED) is 0.440. The Kier molecular flexibility index (Phi) is 10.2. The number of aryl methyl sites for hydroxylation is 1. The summed E-state index contributed by atoms with van der Waals surface area (Å²) in [6, 6.07) is 16.5. The molecule has 3 rings (SSSR count). The molecule has 2 aromatic rings. The van der Waals surface area contributed by atoms with E-state index >= 15 is 0 Å². The van der Waals surface area contributed by atoms with Crippen LogP contribution in [0.25, 0.3) is 0 Å². The predicted molar refractivity (Wildman–Crippen MR) is 132 cm³/mol. The van der Waals surface area contributed by atoms with Crippen molar-refractivity contribution in [2.45, 2.75) is 64.2 Å². The molecule has 0 bridgehead atoms. The molecule has 0 radical (unpaired) electrons. The summed E-state index contributed by atoms with van der Waals surface area (Å²) in [7, 11) is 0. The number of carbonyl (C=O) groups excluding carboxylic acids is 1. The van der Waals surface area contributed by atoms with Gasteiger partial charge in [-0.05, 0) is 74.9 Å². The van der Waals surface area contributed by atoms with E-state index in [0.29, 0.717) is 32.0 Å². The van der Waals surface area contributed by atoms with E-state index in [9.17, 15) is 9.90 Å². The van der Waals surface area contributed by atoms with E-state index in [2.05, 4.69) is 17.0 Å². The summed E-state index contributed by atoms with van der Waals surface area (Å²) in [5.41, 5.74) is 3.40. The molecule has 1 aliphatic heterocycles. The van der Waals surface area contributed by atoms with Crippen molar-refractivity contribution in [3.8, 4) is 0 Å². The molecule has 2 aromatic carbocycles. The Morgan fingerprint density at radius 1 is 1.21 bits per heavy atom. The minimum atomic E-state index is -0.551. The number of halogens is 1. The SMILES string of the molecule is CCOC(=O)CCc1ccccc1[C@@H](C)OC[C@H](O)CN1CCC[C@H]1Cc1ccc(Cl)cc1. The maximum Gasteiger partial charge on any atom is 0.306 e. The van der Waals surface area contributed by atoms with Gasteiger partial charge in [0.05, 0.1) is 25.4 Å². The number of rotatable bonds is 12. The highest BCUT2D eigenvalue weighted by molar-refractivity contribution is 6.30. The summed E-state index contributed by atoms with van der Waals surface area (Å²) in [6.07, 6.45) is 3.51. The third-order valence-corrected chi connectivity index (χ3v) is 6.52. The molecule has 1 saturated heterocycles. The van der Waals surface area contributed by atoms with Crippen LogP contribution in [0.15, 0.2) is 48.5 Å². The number of hydrogen-bond acceptors (Lipinski definition) is 5. The number of benzene rings is 2. The predicted octanol–water partition coefficient (Wildman–Crippen LogP) is 4.98. The summed E-state index contributed by atoms with van der Waals surface area (Å²) in [5, 5.41) is 11.4. The number of aliphatic hydroxyl groups excluding tert-OH is 1. The van der Waals surface area contributed by atoms with E-state index in [-0.39, 0.29) is 18.7 Å². The van der Waals surface area contributed by atoms with Crippen LogP contribution in [0, 0.1) is 0 Å². The molecular formula is C27H36ClNO4. The van der Waals surface area contributed by atoms with Crippen molar-refractivity contribution in [3.63, 3.8) is 0 Å². The number of ether oxygens (including phenoxy) is 2. The average molecular weight is 474 g/mol. The Bertz CT molecular complexity index is 873. The Hall–Kier alpha value is -1.92. The van der Waals surface area contributed by atoms with Gasteiger partial charge in [-0.1, -0.05) is 48.0 Å². The van der Waals surface area contributed by atoms with Crippen LogP contribution in [0.5, 0.6) is 0 Å². The van der Waals surface area contributed by atoms with Crippen LogP contribution in [-0.2, 0) is 27.1 Å². The molecule has 0 aliphatic carbocycles. The van der Waals surface area contributed by atoms with E-state index in [4.69, 9.17) is 21.1 Å². The molecule has 1 heterocycles. The molecule has 1 fully saturated rings.